The number of nitrogens with zero attached hydrogens (tertiary/aromatic N) is 1. The molecule has 2 aromatic carbocycles. The second kappa shape index (κ2) is 7.49. The van der Waals surface area contributed by atoms with Crippen molar-refractivity contribution in [3.05, 3.63) is 65.7 Å². The highest BCUT2D eigenvalue weighted by molar-refractivity contribution is 5.94. The molecule has 1 unspecified atom stereocenters. The van der Waals surface area contributed by atoms with Crippen LogP contribution in [0.4, 0.5) is 0 Å². The number of amides is 1. The van der Waals surface area contributed by atoms with Gasteiger partial charge in [-0.05, 0) is 42.5 Å². The highest BCUT2D eigenvalue weighted by Gasteiger charge is 2.35. The van der Waals surface area contributed by atoms with E-state index in [0.29, 0.717) is 30.4 Å². The fourth-order valence-electron chi connectivity index (χ4n) is 2.96. The van der Waals surface area contributed by atoms with Gasteiger partial charge in [-0.15, -0.1) is 0 Å². The largest absolute Gasteiger partial charge is 0.489 e. The van der Waals surface area contributed by atoms with E-state index in [1.54, 1.807) is 4.90 Å². The molecule has 2 aromatic rings. The van der Waals surface area contributed by atoms with Crippen molar-refractivity contribution in [1.29, 1.82) is 0 Å². The van der Waals surface area contributed by atoms with Gasteiger partial charge < -0.3 is 15.4 Å². The lowest BCUT2D eigenvalue weighted by atomic mass is 10.1. The van der Waals surface area contributed by atoms with E-state index in [0.717, 1.165) is 5.56 Å². The first-order chi connectivity index (χ1) is 11.7. The monoisotopic (exact) mass is 324 g/mol. The Morgan fingerprint density at radius 1 is 1.21 bits per heavy atom. The first kappa shape index (κ1) is 16.5. The van der Waals surface area contributed by atoms with Gasteiger partial charge in [-0.25, -0.2) is 0 Å². The number of carbonyl (C=O) groups excluding carboxylic acids is 1. The van der Waals surface area contributed by atoms with E-state index >= 15 is 0 Å². The summed E-state index contributed by atoms with van der Waals surface area (Å²) in [5.74, 6) is 1.26. The molecular weight excluding hydrogens is 300 g/mol. The first-order valence-electron chi connectivity index (χ1n) is 8.43. The summed E-state index contributed by atoms with van der Waals surface area (Å²) in [5.41, 5.74) is 7.60. The Labute approximate surface area is 143 Å². The summed E-state index contributed by atoms with van der Waals surface area (Å²) in [5, 5.41) is 0. The molecule has 0 aliphatic heterocycles. The number of ether oxygens (including phenoxy) is 1. The number of hydrogen-bond donors (Lipinski definition) is 1. The topological polar surface area (TPSA) is 55.6 Å². The van der Waals surface area contributed by atoms with Crippen LogP contribution in [0, 0.1) is 5.92 Å². The molecular formula is C20H24N2O2. The number of carbonyl (C=O) groups is 1. The third kappa shape index (κ3) is 3.95. The lowest BCUT2D eigenvalue weighted by Gasteiger charge is -2.27. The molecule has 24 heavy (non-hydrogen) atoms. The summed E-state index contributed by atoms with van der Waals surface area (Å²) in [6.07, 6.45) is 2.33. The van der Waals surface area contributed by atoms with Gasteiger partial charge in [-0.3, -0.25) is 4.79 Å². The predicted molar refractivity (Wildman–Crippen MR) is 94.9 cm³/mol. The molecule has 1 atom stereocenters. The van der Waals surface area contributed by atoms with Crippen LogP contribution in [0.5, 0.6) is 5.75 Å². The minimum Gasteiger partial charge on any atom is -0.489 e. The number of nitrogens with two attached hydrogens (primary N) is 1. The molecule has 0 heterocycles. The number of rotatable bonds is 7. The maximum absolute atomic E-state index is 12.7. The maximum atomic E-state index is 12.7. The summed E-state index contributed by atoms with van der Waals surface area (Å²) in [6, 6.07) is 17.5. The van der Waals surface area contributed by atoms with Crippen LogP contribution in [0.15, 0.2) is 54.6 Å². The third-order valence-electron chi connectivity index (χ3n) is 4.55. The minimum absolute atomic E-state index is 0.00233. The Balaban J connectivity index is 1.66. The third-order valence-corrected chi connectivity index (χ3v) is 4.55. The normalized spacial score (nSPS) is 14.9. The van der Waals surface area contributed by atoms with Crippen LogP contribution in [0.1, 0.15) is 28.8 Å². The van der Waals surface area contributed by atoms with Crippen molar-refractivity contribution in [3.8, 4) is 5.75 Å². The Morgan fingerprint density at radius 2 is 1.96 bits per heavy atom. The fraction of sp³-hybridized carbons (Fsp3) is 0.350. The molecule has 1 saturated carbocycles. The van der Waals surface area contributed by atoms with Gasteiger partial charge in [-0.1, -0.05) is 36.4 Å². The van der Waals surface area contributed by atoms with Crippen LogP contribution in [0.3, 0.4) is 0 Å². The molecule has 4 nitrogen and oxygen atoms in total. The van der Waals surface area contributed by atoms with Gasteiger partial charge >= 0.3 is 0 Å². The molecule has 1 aliphatic rings. The smallest absolute Gasteiger partial charge is 0.254 e. The highest BCUT2D eigenvalue weighted by atomic mass is 16.5. The molecule has 0 bridgehead atoms. The lowest BCUT2D eigenvalue weighted by Crippen LogP contribution is -2.43. The standard InChI is InChI=1S/C20H24N2O2/c1-22(19(13-21)16-10-11-16)20(23)17-8-5-9-18(12-17)24-14-15-6-3-2-4-7-15/h2-9,12,16,19H,10-11,13-14,21H2,1H3. The van der Waals surface area contributed by atoms with Gasteiger partial charge in [0, 0.05) is 25.2 Å². The van der Waals surface area contributed by atoms with Crippen LogP contribution in [0.2, 0.25) is 0 Å². The van der Waals surface area contributed by atoms with E-state index in [9.17, 15) is 4.79 Å². The zero-order valence-corrected chi connectivity index (χ0v) is 14.0. The molecule has 1 amide bonds. The predicted octanol–water partition coefficient (Wildman–Crippen LogP) is 3.07. The van der Waals surface area contributed by atoms with Gasteiger partial charge in [0.1, 0.15) is 12.4 Å². The molecule has 126 valence electrons. The number of hydrogen-bond acceptors (Lipinski definition) is 3. The van der Waals surface area contributed by atoms with Gasteiger partial charge in [0.15, 0.2) is 0 Å². The van der Waals surface area contributed by atoms with Gasteiger partial charge in [0.25, 0.3) is 5.91 Å². The summed E-state index contributed by atoms with van der Waals surface area (Å²) in [7, 11) is 1.84. The Morgan fingerprint density at radius 3 is 2.62 bits per heavy atom. The molecule has 2 N–H and O–H groups in total. The van der Waals surface area contributed by atoms with Crippen molar-refractivity contribution in [2.75, 3.05) is 13.6 Å². The second-order valence-electron chi connectivity index (χ2n) is 6.36. The average molecular weight is 324 g/mol. The van der Waals surface area contributed by atoms with Crippen molar-refractivity contribution >= 4 is 5.91 Å². The summed E-state index contributed by atoms with van der Waals surface area (Å²) in [6.45, 7) is 0.999. The quantitative estimate of drug-likeness (QED) is 0.851. The van der Waals surface area contributed by atoms with Crippen LogP contribution in [-0.4, -0.2) is 30.4 Å². The zero-order valence-electron chi connectivity index (χ0n) is 14.0. The molecule has 4 heteroatoms. The van der Waals surface area contributed by atoms with Crippen molar-refractivity contribution in [3.63, 3.8) is 0 Å². The maximum Gasteiger partial charge on any atom is 0.254 e. The van der Waals surface area contributed by atoms with Crippen LogP contribution >= 0.6 is 0 Å². The Kier molecular flexibility index (Phi) is 5.16. The van der Waals surface area contributed by atoms with E-state index in [4.69, 9.17) is 10.5 Å². The first-order valence-corrected chi connectivity index (χ1v) is 8.43. The molecule has 0 spiro atoms. The van der Waals surface area contributed by atoms with Crippen LogP contribution < -0.4 is 10.5 Å². The van der Waals surface area contributed by atoms with Crippen molar-refractivity contribution < 1.29 is 9.53 Å². The minimum atomic E-state index is 0.00233. The summed E-state index contributed by atoms with van der Waals surface area (Å²) < 4.78 is 5.81. The molecule has 3 rings (SSSR count). The van der Waals surface area contributed by atoms with Crippen molar-refractivity contribution in [2.45, 2.75) is 25.5 Å². The van der Waals surface area contributed by atoms with E-state index in [-0.39, 0.29) is 11.9 Å². The second-order valence-corrected chi connectivity index (χ2v) is 6.36. The molecule has 1 aliphatic carbocycles. The van der Waals surface area contributed by atoms with Gasteiger partial charge in [0.05, 0.1) is 0 Å². The highest BCUT2D eigenvalue weighted by Crippen LogP contribution is 2.35. The van der Waals surface area contributed by atoms with Gasteiger partial charge in [0.2, 0.25) is 0 Å². The number of benzene rings is 2. The van der Waals surface area contributed by atoms with E-state index < -0.39 is 0 Å². The Bertz CT molecular complexity index is 683. The molecule has 0 radical (unpaired) electrons. The zero-order chi connectivity index (χ0) is 16.9. The summed E-state index contributed by atoms with van der Waals surface area (Å²) in [4.78, 5) is 14.5. The molecule has 0 saturated heterocycles. The van der Waals surface area contributed by atoms with Gasteiger partial charge in [-0.2, -0.15) is 0 Å². The van der Waals surface area contributed by atoms with E-state index in [2.05, 4.69) is 0 Å². The lowest BCUT2D eigenvalue weighted by molar-refractivity contribution is 0.0718. The van der Waals surface area contributed by atoms with Crippen molar-refractivity contribution in [1.82, 2.24) is 4.90 Å². The average Bonchev–Trinajstić information content (AvgIpc) is 3.46. The molecule has 0 aromatic heterocycles. The fourth-order valence-corrected chi connectivity index (χ4v) is 2.96. The number of likely N-dealkylation sites (N-methyl/N-ethyl adjacent to an activating group) is 1. The van der Waals surface area contributed by atoms with Crippen LogP contribution in [0.25, 0.3) is 0 Å². The Hall–Kier alpha value is -2.33. The van der Waals surface area contributed by atoms with Crippen molar-refractivity contribution in [2.24, 2.45) is 11.7 Å². The van der Waals surface area contributed by atoms with E-state index in [1.807, 2.05) is 61.6 Å². The summed E-state index contributed by atoms with van der Waals surface area (Å²) >= 11 is 0. The SMILES string of the molecule is CN(C(=O)c1cccc(OCc2ccccc2)c1)C(CN)C1CC1. The van der Waals surface area contributed by atoms with Crippen LogP contribution in [-0.2, 0) is 6.61 Å². The molecule has 1 fully saturated rings. The van der Waals surface area contributed by atoms with E-state index in [1.165, 1.54) is 12.8 Å².